The Morgan fingerprint density at radius 2 is 1.62 bits per heavy atom. The van der Waals surface area contributed by atoms with Crippen molar-refractivity contribution >= 4 is 45.1 Å². The molecule has 0 radical (unpaired) electrons. The molecule has 0 fully saturated rings. The predicted octanol–water partition coefficient (Wildman–Crippen LogP) is 6.41. The van der Waals surface area contributed by atoms with E-state index in [0.29, 0.717) is 26.0 Å². The monoisotopic (exact) mass is 450 g/mol. The Labute approximate surface area is 169 Å². The zero-order valence-corrected chi connectivity index (χ0v) is 16.5. The molecule has 3 aromatic rings. The van der Waals surface area contributed by atoms with E-state index in [0.717, 1.165) is 11.1 Å². The number of carbonyl (C=O) groups excluding carboxylic acids is 1. The van der Waals surface area contributed by atoms with E-state index in [2.05, 4.69) is 15.9 Å². The third-order valence-corrected chi connectivity index (χ3v) is 4.65. The molecule has 0 aliphatic heterocycles. The molecule has 0 saturated heterocycles. The average Bonchev–Trinajstić information content (AvgIpc) is 2.63. The molecule has 0 aliphatic rings. The minimum Gasteiger partial charge on any atom is -0.480 e. The van der Waals surface area contributed by atoms with Crippen molar-refractivity contribution in [3.63, 3.8) is 0 Å². The summed E-state index contributed by atoms with van der Waals surface area (Å²) < 4.78 is 11.4. The smallest absolute Gasteiger partial charge is 0.349 e. The highest BCUT2D eigenvalue weighted by Gasteiger charge is 2.12. The van der Waals surface area contributed by atoms with Gasteiger partial charge in [0.25, 0.3) is 0 Å². The second-order valence-electron chi connectivity index (χ2n) is 5.35. The lowest BCUT2D eigenvalue weighted by atomic mass is 10.1. The van der Waals surface area contributed by atoms with Gasteiger partial charge in [-0.15, -0.1) is 0 Å². The molecule has 0 amide bonds. The van der Waals surface area contributed by atoms with Gasteiger partial charge in [0.05, 0.1) is 9.50 Å². The molecule has 0 N–H and O–H groups in total. The molecular weight excluding hydrogens is 439 g/mol. The van der Waals surface area contributed by atoms with Crippen LogP contribution in [0.2, 0.25) is 10.0 Å². The summed E-state index contributed by atoms with van der Waals surface area (Å²) in [6.45, 7) is -0.270. The standard InChI is InChI=1S/C20H13BrCl2O3/c21-16-10-14(13-4-2-1-3-5-13)6-8-18(16)26-20(24)12-25-19-9-7-15(22)11-17(19)23/h1-11H,12H2. The Bertz CT molecular complexity index is 930. The van der Waals surface area contributed by atoms with Gasteiger partial charge < -0.3 is 9.47 Å². The van der Waals surface area contributed by atoms with Crippen molar-refractivity contribution in [1.82, 2.24) is 0 Å². The molecule has 0 aliphatic carbocycles. The normalized spacial score (nSPS) is 10.4. The van der Waals surface area contributed by atoms with Gasteiger partial charge >= 0.3 is 5.97 Å². The highest BCUT2D eigenvalue weighted by atomic mass is 79.9. The number of carbonyl (C=O) groups is 1. The molecule has 0 spiro atoms. The van der Waals surface area contributed by atoms with Crippen LogP contribution in [0.25, 0.3) is 11.1 Å². The maximum absolute atomic E-state index is 12.0. The van der Waals surface area contributed by atoms with Gasteiger partial charge in [0, 0.05) is 5.02 Å². The molecule has 0 atom stereocenters. The minimum atomic E-state index is -0.538. The number of hydrogen-bond donors (Lipinski definition) is 0. The van der Waals surface area contributed by atoms with Gasteiger partial charge in [-0.2, -0.15) is 0 Å². The van der Waals surface area contributed by atoms with Crippen LogP contribution in [-0.4, -0.2) is 12.6 Å². The Morgan fingerprint density at radius 1 is 0.885 bits per heavy atom. The van der Waals surface area contributed by atoms with Crippen LogP contribution in [-0.2, 0) is 4.79 Å². The van der Waals surface area contributed by atoms with Crippen LogP contribution in [0.3, 0.4) is 0 Å². The minimum absolute atomic E-state index is 0.270. The van der Waals surface area contributed by atoms with E-state index in [-0.39, 0.29) is 6.61 Å². The fraction of sp³-hybridized carbons (Fsp3) is 0.0500. The van der Waals surface area contributed by atoms with Crippen LogP contribution in [0.1, 0.15) is 0 Å². The molecule has 3 aromatic carbocycles. The fourth-order valence-electron chi connectivity index (χ4n) is 2.27. The second-order valence-corrected chi connectivity index (χ2v) is 7.05. The maximum Gasteiger partial charge on any atom is 0.349 e. The van der Waals surface area contributed by atoms with Gasteiger partial charge in [0.2, 0.25) is 0 Å². The van der Waals surface area contributed by atoms with E-state index in [4.69, 9.17) is 32.7 Å². The zero-order valence-electron chi connectivity index (χ0n) is 13.4. The summed E-state index contributed by atoms with van der Waals surface area (Å²) in [6, 6.07) is 20.2. The van der Waals surface area contributed by atoms with Crippen molar-refractivity contribution in [2.75, 3.05) is 6.61 Å². The van der Waals surface area contributed by atoms with Crippen LogP contribution in [0.15, 0.2) is 71.2 Å². The highest BCUT2D eigenvalue weighted by Crippen LogP contribution is 2.31. The van der Waals surface area contributed by atoms with Crippen molar-refractivity contribution in [2.45, 2.75) is 0 Å². The van der Waals surface area contributed by atoms with Crippen molar-refractivity contribution in [3.8, 4) is 22.6 Å². The highest BCUT2D eigenvalue weighted by molar-refractivity contribution is 9.10. The van der Waals surface area contributed by atoms with Gasteiger partial charge in [0.1, 0.15) is 11.5 Å². The summed E-state index contributed by atoms with van der Waals surface area (Å²) in [5.74, 6) is 0.246. The van der Waals surface area contributed by atoms with E-state index in [1.165, 1.54) is 0 Å². The molecule has 6 heteroatoms. The topological polar surface area (TPSA) is 35.5 Å². The average molecular weight is 452 g/mol. The van der Waals surface area contributed by atoms with Crippen molar-refractivity contribution < 1.29 is 14.3 Å². The molecule has 3 rings (SSSR count). The number of benzene rings is 3. The van der Waals surface area contributed by atoms with Gasteiger partial charge in [-0.25, -0.2) is 4.79 Å². The Morgan fingerprint density at radius 3 is 2.31 bits per heavy atom. The number of esters is 1. The van der Waals surface area contributed by atoms with Crippen molar-refractivity contribution in [3.05, 3.63) is 81.2 Å². The second kappa shape index (κ2) is 8.58. The Hall–Kier alpha value is -2.01. The third-order valence-electron chi connectivity index (χ3n) is 3.50. The summed E-state index contributed by atoms with van der Waals surface area (Å²) in [4.78, 5) is 12.0. The number of halogens is 3. The number of hydrogen-bond acceptors (Lipinski definition) is 3. The van der Waals surface area contributed by atoms with Crippen LogP contribution in [0, 0.1) is 0 Å². The quantitative estimate of drug-likeness (QED) is 0.332. The number of ether oxygens (including phenoxy) is 2. The molecule has 0 saturated carbocycles. The van der Waals surface area contributed by atoms with Gasteiger partial charge in [-0.05, 0) is 57.4 Å². The first-order chi connectivity index (χ1) is 12.5. The summed E-state index contributed by atoms with van der Waals surface area (Å²) >= 11 is 15.3. The fourth-order valence-corrected chi connectivity index (χ4v) is 3.20. The molecule has 132 valence electrons. The summed E-state index contributed by atoms with van der Waals surface area (Å²) in [6.07, 6.45) is 0. The first kappa shape index (κ1) is 18.8. The first-order valence-electron chi connectivity index (χ1n) is 7.66. The summed E-state index contributed by atoms with van der Waals surface area (Å²) in [5.41, 5.74) is 2.09. The van der Waals surface area contributed by atoms with Crippen molar-refractivity contribution in [1.29, 1.82) is 0 Å². The van der Waals surface area contributed by atoms with Gasteiger partial charge in [-0.1, -0.05) is 59.6 Å². The van der Waals surface area contributed by atoms with Gasteiger partial charge in [-0.3, -0.25) is 0 Å². The van der Waals surface area contributed by atoms with Crippen LogP contribution >= 0.6 is 39.1 Å². The van der Waals surface area contributed by atoms with E-state index >= 15 is 0 Å². The van der Waals surface area contributed by atoms with E-state index in [1.54, 1.807) is 24.3 Å². The largest absolute Gasteiger partial charge is 0.480 e. The summed E-state index contributed by atoms with van der Waals surface area (Å²) in [5, 5.41) is 0.825. The van der Waals surface area contributed by atoms with Crippen molar-refractivity contribution in [2.24, 2.45) is 0 Å². The summed E-state index contributed by atoms with van der Waals surface area (Å²) in [7, 11) is 0. The molecule has 0 heterocycles. The molecule has 0 bridgehead atoms. The van der Waals surface area contributed by atoms with Crippen LogP contribution in [0.4, 0.5) is 0 Å². The SMILES string of the molecule is O=C(COc1ccc(Cl)cc1Cl)Oc1ccc(-c2ccccc2)cc1Br. The molecular formula is C20H13BrCl2O3. The predicted molar refractivity (Wildman–Crippen MR) is 107 cm³/mol. The molecule has 3 nitrogen and oxygen atoms in total. The van der Waals surface area contributed by atoms with Crippen LogP contribution in [0.5, 0.6) is 11.5 Å². The van der Waals surface area contributed by atoms with E-state index in [9.17, 15) is 4.79 Å². The lowest BCUT2D eigenvalue weighted by Crippen LogP contribution is -2.18. The zero-order chi connectivity index (χ0) is 18.5. The number of rotatable bonds is 5. The molecule has 0 unspecified atom stereocenters. The maximum atomic E-state index is 12.0. The Balaban J connectivity index is 1.64. The van der Waals surface area contributed by atoms with Crippen LogP contribution < -0.4 is 9.47 Å². The Kier molecular flexibility index (Phi) is 6.20. The first-order valence-corrected chi connectivity index (χ1v) is 9.21. The van der Waals surface area contributed by atoms with Gasteiger partial charge in [0.15, 0.2) is 6.61 Å². The lowest BCUT2D eigenvalue weighted by Gasteiger charge is -2.10. The molecule has 26 heavy (non-hydrogen) atoms. The van der Waals surface area contributed by atoms with E-state index < -0.39 is 5.97 Å². The third kappa shape index (κ3) is 4.79. The molecule has 0 aromatic heterocycles. The van der Waals surface area contributed by atoms with E-state index in [1.807, 2.05) is 42.5 Å². The lowest BCUT2D eigenvalue weighted by molar-refractivity contribution is -0.136.